The highest BCUT2D eigenvalue weighted by Crippen LogP contribution is 2.22. The van der Waals surface area contributed by atoms with E-state index in [4.69, 9.17) is 9.47 Å². The van der Waals surface area contributed by atoms with Crippen LogP contribution in [0, 0.1) is 0 Å². The quantitative estimate of drug-likeness (QED) is 0.638. The fourth-order valence-corrected chi connectivity index (χ4v) is 3.44. The minimum atomic E-state index is -3.70. The molecule has 1 aromatic heterocycles. The predicted molar refractivity (Wildman–Crippen MR) is 103 cm³/mol. The van der Waals surface area contributed by atoms with Crippen LogP contribution < -0.4 is 14.2 Å². The largest absolute Gasteiger partial charge is 0.494 e. The van der Waals surface area contributed by atoms with Gasteiger partial charge in [0, 0.05) is 12.3 Å². The van der Waals surface area contributed by atoms with Gasteiger partial charge in [0.15, 0.2) is 0 Å². The topological polar surface area (TPSA) is 77.5 Å². The van der Waals surface area contributed by atoms with Gasteiger partial charge in [-0.1, -0.05) is 12.1 Å². The molecule has 0 amide bonds. The molecule has 0 atom stereocenters. The summed E-state index contributed by atoms with van der Waals surface area (Å²) in [6.07, 6.45) is 1.69. The third kappa shape index (κ3) is 5.21. The summed E-state index contributed by atoms with van der Waals surface area (Å²) in [6.45, 7) is 2.70. The minimum absolute atomic E-state index is 0.158. The van der Waals surface area contributed by atoms with Gasteiger partial charge in [-0.15, -0.1) is 0 Å². The Morgan fingerprint density at radius 3 is 2.44 bits per heavy atom. The van der Waals surface area contributed by atoms with Gasteiger partial charge in [-0.05, 0) is 55.5 Å². The molecule has 6 nitrogen and oxygen atoms in total. The Morgan fingerprint density at radius 2 is 1.74 bits per heavy atom. The van der Waals surface area contributed by atoms with Crippen LogP contribution in [0.15, 0.2) is 77.8 Å². The summed E-state index contributed by atoms with van der Waals surface area (Å²) in [6, 6.07) is 18.6. The molecular weight excluding hydrogens is 364 g/mol. The van der Waals surface area contributed by atoms with Gasteiger partial charge >= 0.3 is 0 Å². The van der Waals surface area contributed by atoms with Gasteiger partial charge < -0.3 is 9.47 Å². The maximum absolute atomic E-state index is 12.6. The molecule has 140 valence electrons. The lowest BCUT2D eigenvalue weighted by Crippen LogP contribution is -2.13. The molecule has 1 N–H and O–H groups in total. The molecule has 0 unspecified atom stereocenters. The van der Waals surface area contributed by atoms with Crippen LogP contribution in [0.1, 0.15) is 12.6 Å². The minimum Gasteiger partial charge on any atom is -0.494 e. The average Bonchev–Trinajstić information content (AvgIpc) is 2.68. The first kappa shape index (κ1) is 18.7. The van der Waals surface area contributed by atoms with Crippen molar-refractivity contribution >= 4 is 15.7 Å². The second-order valence-corrected chi connectivity index (χ2v) is 7.33. The molecular formula is C20H20N2O4S. The van der Waals surface area contributed by atoms with Crippen molar-refractivity contribution in [2.24, 2.45) is 0 Å². The lowest BCUT2D eigenvalue weighted by Gasteiger charge is -2.11. The second kappa shape index (κ2) is 8.55. The van der Waals surface area contributed by atoms with E-state index in [0.29, 0.717) is 30.4 Å². The van der Waals surface area contributed by atoms with E-state index in [1.165, 1.54) is 12.1 Å². The highest BCUT2D eigenvalue weighted by atomic mass is 32.2. The van der Waals surface area contributed by atoms with Crippen molar-refractivity contribution in [3.63, 3.8) is 0 Å². The Bertz CT molecular complexity index is 974. The smallest absolute Gasteiger partial charge is 0.261 e. The highest BCUT2D eigenvalue weighted by Gasteiger charge is 2.14. The Morgan fingerprint density at radius 1 is 0.926 bits per heavy atom. The zero-order chi connectivity index (χ0) is 19.1. The van der Waals surface area contributed by atoms with Crippen molar-refractivity contribution in [3.8, 4) is 11.5 Å². The molecule has 0 spiro atoms. The van der Waals surface area contributed by atoms with Crippen LogP contribution >= 0.6 is 0 Å². The van der Waals surface area contributed by atoms with Crippen molar-refractivity contribution in [1.29, 1.82) is 0 Å². The molecule has 0 radical (unpaired) electrons. The van der Waals surface area contributed by atoms with E-state index in [0.717, 1.165) is 5.69 Å². The first-order valence-electron chi connectivity index (χ1n) is 8.45. The number of rotatable bonds is 8. The van der Waals surface area contributed by atoms with Crippen LogP contribution in [0.25, 0.3) is 0 Å². The van der Waals surface area contributed by atoms with E-state index >= 15 is 0 Å². The predicted octanol–water partition coefficient (Wildman–Crippen LogP) is 3.86. The molecule has 7 heteroatoms. The number of benzene rings is 2. The number of anilines is 1. The molecule has 3 aromatic rings. The third-order valence-electron chi connectivity index (χ3n) is 3.64. The molecule has 3 rings (SSSR count). The monoisotopic (exact) mass is 384 g/mol. The number of hydrogen-bond acceptors (Lipinski definition) is 5. The summed E-state index contributed by atoms with van der Waals surface area (Å²) in [4.78, 5) is 4.35. The Labute approximate surface area is 158 Å². The van der Waals surface area contributed by atoms with Crippen molar-refractivity contribution < 1.29 is 17.9 Å². The zero-order valence-electron chi connectivity index (χ0n) is 14.8. The van der Waals surface area contributed by atoms with E-state index in [1.54, 1.807) is 42.6 Å². The van der Waals surface area contributed by atoms with Gasteiger partial charge in [0.1, 0.15) is 18.1 Å². The standard InChI is InChI=1S/C20H20N2O4S/c1-2-25-18-9-11-20(12-10-18)27(23,24)22-16-7-5-8-19(14-16)26-15-17-6-3-4-13-21-17/h3-14,22H,2,15H2,1H3. The maximum Gasteiger partial charge on any atom is 0.261 e. The molecule has 0 bridgehead atoms. The average molecular weight is 384 g/mol. The van der Waals surface area contributed by atoms with E-state index < -0.39 is 10.0 Å². The number of nitrogens with zero attached hydrogens (tertiary/aromatic N) is 1. The molecule has 0 aliphatic heterocycles. The molecule has 0 saturated carbocycles. The van der Waals surface area contributed by atoms with Crippen molar-refractivity contribution in [2.75, 3.05) is 11.3 Å². The highest BCUT2D eigenvalue weighted by molar-refractivity contribution is 7.92. The van der Waals surface area contributed by atoms with Crippen LogP contribution in [0.3, 0.4) is 0 Å². The van der Waals surface area contributed by atoms with Gasteiger partial charge in [0.25, 0.3) is 10.0 Å². The van der Waals surface area contributed by atoms with Crippen LogP contribution in [-0.2, 0) is 16.6 Å². The van der Waals surface area contributed by atoms with Crippen molar-refractivity contribution in [3.05, 3.63) is 78.6 Å². The second-order valence-electron chi connectivity index (χ2n) is 5.65. The van der Waals surface area contributed by atoms with Crippen LogP contribution in [0.5, 0.6) is 11.5 Å². The summed E-state index contributed by atoms with van der Waals surface area (Å²) < 4.78 is 38.7. The summed E-state index contributed by atoms with van der Waals surface area (Å²) >= 11 is 0. The zero-order valence-corrected chi connectivity index (χ0v) is 15.6. The molecule has 0 fully saturated rings. The number of nitrogens with one attached hydrogen (secondary N) is 1. The fourth-order valence-electron chi connectivity index (χ4n) is 2.39. The van der Waals surface area contributed by atoms with Crippen LogP contribution in [-0.4, -0.2) is 20.0 Å². The number of sulfonamides is 1. The van der Waals surface area contributed by atoms with Gasteiger partial charge in [0.05, 0.1) is 22.9 Å². The number of pyridine rings is 1. The first-order valence-corrected chi connectivity index (χ1v) is 9.93. The number of hydrogen-bond donors (Lipinski definition) is 1. The van der Waals surface area contributed by atoms with E-state index in [2.05, 4.69) is 9.71 Å². The van der Waals surface area contributed by atoms with Gasteiger partial charge in [-0.25, -0.2) is 8.42 Å². The lowest BCUT2D eigenvalue weighted by atomic mass is 10.3. The Balaban J connectivity index is 1.69. The normalized spacial score (nSPS) is 11.0. The SMILES string of the molecule is CCOc1ccc(S(=O)(=O)Nc2cccc(OCc3ccccn3)c2)cc1. The summed E-state index contributed by atoms with van der Waals surface area (Å²) in [7, 11) is -3.70. The van der Waals surface area contributed by atoms with Gasteiger partial charge in [-0.3, -0.25) is 9.71 Å². The summed E-state index contributed by atoms with van der Waals surface area (Å²) in [5.74, 6) is 1.17. The molecule has 2 aromatic carbocycles. The first-order chi connectivity index (χ1) is 13.1. The molecule has 0 saturated heterocycles. The third-order valence-corrected chi connectivity index (χ3v) is 5.04. The van der Waals surface area contributed by atoms with Gasteiger partial charge in [-0.2, -0.15) is 0 Å². The van der Waals surface area contributed by atoms with E-state index in [-0.39, 0.29) is 4.90 Å². The van der Waals surface area contributed by atoms with E-state index in [1.807, 2.05) is 25.1 Å². The Kier molecular flexibility index (Phi) is 5.93. The summed E-state index contributed by atoms with van der Waals surface area (Å²) in [5, 5.41) is 0. The Hall–Kier alpha value is -3.06. The molecule has 0 aliphatic rings. The molecule has 0 aliphatic carbocycles. The van der Waals surface area contributed by atoms with Gasteiger partial charge in [0.2, 0.25) is 0 Å². The van der Waals surface area contributed by atoms with Crippen molar-refractivity contribution in [2.45, 2.75) is 18.4 Å². The summed E-state index contributed by atoms with van der Waals surface area (Å²) in [5.41, 5.74) is 1.21. The number of ether oxygens (including phenoxy) is 2. The number of aromatic nitrogens is 1. The fraction of sp³-hybridized carbons (Fsp3) is 0.150. The van der Waals surface area contributed by atoms with E-state index in [9.17, 15) is 8.42 Å². The van der Waals surface area contributed by atoms with Crippen LogP contribution in [0.4, 0.5) is 5.69 Å². The lowest BCUT2D eigenvalue weighted by molar-refractivity contribution is 0.301. The van der Waals surface area contributed by atoms with Crippen LogP contribution in [0.2, 0.25) is 0 Å². The maximum atomic E-state index is 12.6. The molecule has 27 heavy (non-hydrogen) atoms. The molecule has 1 heterocycles. The van der Waals surface area contributed by atoms with Crippen molar-refractivity contribution in [1.82, 2.24) is 4.98 Å².